The number of hydrogen-bond donors (Lipinski definition) is 1. The number of anilines is 1. The highest BCUT2D eigenvalue weighted by Crippen LogP contribution is 2.18. The second-order valence-electron chi connectivity index (χ2n) is 6.24. The van der Waals surface area contributed by atoms with E-state index in [9.17, 15) is 4.79 Å². The Kier molecular flexibility index (Phi) is 4.93. The quantitative estimate of drug-likeness (QED) is 0.757. The van der Waals surface area contributed by atoms with Gasteiger partial charge in [-0.25, -0.2) is 0 Å². The van der Waals surface area contributed by atoms with E-state index in [1.165, 1.54) is 5.56 Å². The van der Waals surface area contributed by atoms with Crippen molar-refractivity contribution in [3.05, 3.63) is 65.0 Å². The van der Waals surface area contributed by atoms with Crippen LogP contribution < -0.4 is 5.32 Å². The summed E-state index contributed by atoms with van der Waals surface area (Å²) in [7, 11) is 0. The Balaban J connectivity index is 1.59. The van der Waals surface area contributed by atoms with E-state index in [2.05, 4.69) is 15.5 Å². The van der Waals surface area contributed by atoms with Crippen LogP contribution in [0.3, 0.4) is 0 Å². The number of rotatable bonds is 5. The number of amides is 1. The molecule has 1 heterocycles. The van der Waals surface area contributed by atoms with Crippen molar-refractivity contribution in [2.75, 3.05) is 5.32 Å². The molecule has 3 aromatic rings. The van der Waals surface area contributed by atoms with E-state index in [4.69, 9.17) is 4.52 Å². The number of nitrogens with one attached hydrogen (secondary N) is 1. The fourth-order valence-corrected chi connectivity index (χ4v) is 2.48. The van der Waals surface area contributed by atoms with Crippen LogP contribution in [0.4, 0.5) is 5.69 Å². The summed E-state index contributed by atoms with van der Waals surface area (Å²) >= 11 is 0. The van der Waals surface area contributed by atoms with Gasteiger partial charge in [-0.05, 0) is 38.0 Å². The maximum atomic E-state index is 12.2. The van der Waals surface area contributed by atoms with Crippen LogP contribution in [0.2, 0.25) is 0 Å². The van der Waals surface area contributed by atoms with Gasteiger partial charge in [0.2, 0.25) is 17.6 Å². The van der Waals surface area contributed by atoms with Crippen LogP contribution in [0.25, 0.3) is 11.4 Å². The molecule has 25 heavy (non-hydrogen) atoms. The maximum absolute atomic E-state index is 12.2. The second-order valence-corrected chi connectivity index (χ2v) is 6.24. The van der Waals surface area contributed by atoms with E-state index >= 15 is 0 Å². The predicted octanol–water partition coefficient (Wildman–Crippen LogP) is 4.23. The van der Waals surface area contributed by atoms with Gasteiger partial charge in [-0.1, -0.05) is 47.1 Å². The van der Waals surface area contributed by atoms with E-state index in [0.717, 1.165) is 22.4 Å². The third kappa shape index (κ3) is 4.32. The Labute approximate surface area is 147 Å². The lowest BCUT2D eigenvalue weighted by Gasteiger charge is -2.08. The average Bonchev–Trinajstić information content (AvgIpc) is 3.06. The summed E-state index contributed by atoms with van der Waals surface area (Å²) in [6.45, 7) is 6.00. The molecular weight excluding hydrogens is 314 g/mol. The van der Waals surface area contributed by atoms with Gasteiger partial charge in [0.15, 0.2) is 0 Å². The van der Waals surface area contributed by atoms with Gasteiger partial charge in [0.1, 0.15) is 0 Å². The normalized spacial score (nSPS) is 10.7. The molecular formula is C20H21N3O2. The van der Waals surface area contributed by atoms with E-state index in [-0.39, 0.29) is 5.91 Å². The van der Waals surface area contributed by atoms with Crippen LogP contribution in [0.5, 0.6) is 0 Å². The first-order chi connectivity index (χ1) is 12.0. The molecule has 5 heteroatoms. The summed E-state index contributed by atoms with van der Waals surface area (Å²) in [6, 6.07) is 13.9. The zero-order valence-electron chi connectivity index (χ0n) is 14.7. The van der Waals surface area contributed by atoms with Crippen LogP contribution in [0, 0.1) is 20.8 Å². The van der Waals surface area contributed by atoms with Crippen LogP contribution in [-0.2, 0) is 11.2 Å². The molecule has 0 aliphatic rings. The first kappa shape index (κ1) is 16.9. The van der Waals surface area contributed by atoms with Crippen molar-refractivity contribution in [3.8, 4) is 11.4 Å². The molecule has 0 bridgehead atoms. The molecule has 0 saturated carbocycles. The van der Waals surface area contributed by atoms with Crippen molar-refractivity contribution in [3.63, 3.8) is 0 Å². The number of aryl methyl sites for hydroxylation is 4. The minimum atomic E-state index is -0.0659. The molecule has 128 valence electrons. The van der Waals surface area contributed by atoms with Gasteiger partial charge < -0.3 is 9.84 Å². The van der Waals surface area contributed by atoms with E-state index in [0.29, 0.717) is 24.6 Å². The second kappa shape index (κ2) is 7.30. The Morgan fingerprint density at radius 3 is 2.52 bits per heavy atom. The molecule has 0 aliphatic heterocycles. The molecule has 5 nitrogen and oxygen atoms in total. The molecule has 3 rings (SSSR count). The fraction of sp³-hybridized carbons (Fsp3) is 0.250. The monoisotopic (exact) mass is 335 g/mol. The highest BCUT2D eigenvalue weighted by Gasteiger charge is 2.11. The SMILES string of the molecule is Cc1ccc(-c2noc(CCC(=O)Nc3cc(C)ccc3C)n2)cc1. The lowest BCUT2D eigenvalue weighted by Crippen LogP contribution is -2.13. The number of aromatic nitrogens is 2. The minimum Gasteiger partial charge on any atom is -0.339 e. The first-order valence-corrected chi connectivity index (χ1v) is 8.28. The molecule has 0 radical (unpaired) electrons. The van der Waals surface area contributed by atoms with Crippen LogP contribution in [-0.4, -0.2) is 16.0 Å². The lowest BCUT2D eigenvalue weighted by molar-refractivity contribution is -0.116. The van der Waals surface area contributed by atoms with Gasteiger partial charge in [0.25, 0.3) is 0 Å². The summed E-state index contributed by atoms with van der Waals surface area (Å²) in [4.78, 5) is 16.5. The van der Waals surface area contributed by atoms with Crippen molar-refractivity contribution in [2.45, 2.75) is 33.6 Å². The zero-order chi connectivity index (χ0) is 17.8. The van der Waals surface area contributed by atoms with Crippen molar-refractivity contribution >= 4 is 11.6 Å². The highest BCUT2D eigenvalue weighted by atomic mass is 16.5. The van der Waals surface area contributed by atoms with Crippen LogP contribution in [0.15, 0.2) is 47.0 Å². The van der Waals surface area contributed by atoms with Gasteiger partial charge in [-0.3, -0.25) is 4.79 Å². The Morgan fingerprint density at radius 1 is 1.04 bits per heavy atom. The van der Waals surface area contributed by atoms with Crippen molar-refractivity contribution in [2.24, 2.45) is 0 Å². The number of benzene rings is 2. The van der Waals surface area contributed by atoms with Gasteiger partial charge in [-0.2, -0.15) is 4.98 Å². The van der Waals surface area contributed by atoms with Crippen molar-refractivity contribution in [1.82, 2.24) is 10.1 Å². The topological polar surface area (TPSA) is 68.0 Å². The Morgan fingerprint density at radius 2 is 1.76 bits per heavy atom. The Hall–Kier alpha value is -2.95. The summed E-state index contributed by atoms with van der Waals surface area (Å²) in [5.74, 6) is 0.945. The molecule has 0 atom stereocenters. The molecule has 1 amide bonds. The molecule has 0 aliphatic carbocycles. The van der Waals surface area contributed by atoms with Crippen molar-refractivity contribution < 1.29 is 9.32 Å². The van der Waals surface area contributed by atoms with Crippen LogP contribution >= 0.6 is 0 Å². The number of carbonyl (C=O) groups is 1. The smallest absolute Gasteiger partial charge is 0.227 e. The first-order valence-electron chi connectivity index (χ1n) is 8.28. The van der Waals surface area contributed by atoms with Gasteiger partial charge in [-0.15, -0.1) is 0 Å². The van der Waals surface area contributed by atoms with E-state index in [1.54, 1.807) is 0 Å². The highest BCUT2D eigenvalue weighted by molar-refractivity contribution is 5.91. The molecule has 2 aromatic carbocycles. The largest absolute Gasteiger partial charge is 0.339 e. The maximum Gasteiger partial charge on any atom is 0.227 e. The van der Waals surface area contributed by atoms with Crippen molar-refractivity contribution in [1.29, 1.82) is 0 Å². The molecule has 0 unspecified atom stereocenters. The third-order valence-corrected chi connectivity index (χ3v) is 4.01. The van der Waals surface area contributed by atoms with Gasteiger partial charge in [0.05, 0.1) is 0 Å². The summed E-state index contributed by atoms with van der Waals surface area (Å²) in [5, 5.41) is 6.92. The fourth-order valence-electron chi connectivity index (χ4n) is 2.48. The van der Waals surface area contributed by atoms with Gasteiger partial charge >= 0.3 is 0 Å². The summed E-state index contributed by atoms with van der Waals surface area (Å²) < 4.78 is 5.25. The summed E-state index contributed by atoms with van der Waals surface area (Å²) in [6.07, 6.45) is 0.707. The molecule has 1 aromatic heterocycles. The average molecular weight is 335 g/mol. The standard InChI is InChI=1S/C20H21N3O2/c1-13-5-8-16(9-6-13)20-22-19(25-23-20)11-10-18(24)21-17-12-14(2)4-7-15(17)3/h4-9,12H,10-11H2,1-3H3,(H,21,24). The van der Waals surface area contributed by atoms with E-state index < -0.39 is 0 Å². The predicted molar refractivity (Wildman–Crippen MR) is 97.3 cm³/mol. The number of nitrogens with zero attached hydrogens (tertiary/aromatic N) is 2. The molecule has 0 spiro atoms. The van der Waals surface area contributed by atoms with Gasteiger partial charge in [0, 0.05) is 24.1 Å². The molecule has 1 N–H and O–H groups in total. The van der Waals surface area contributed by atoms with Crippen LogP contribution in [0.1, 0.15) is 29.0 Å². The van der Waals surface area contributed by atoms with E-state index in [1.807, 2.05) is 63.2 Å². The Bertz CT molecular complexity index is 882. The number of carbonyl (C=O) groups excluding carboxylic acids is 1. The minimum absolute atomic E-state index is 0.0659. The molecule has 0 saturated heterocycles. The third-order valence-electron chi connectivity index (χ3n) is 4.01. The molecule has 0 fully saturated rings. The lowest BCUT2D eigenvalue weighted by atomic mass is 10.1. The number of hydrogen-bond acceptors (Lipinski definition) is 4. The summed E-state index contributed by atoms with van der Waals surface area (Å²) in [5.41, 5.74) is 5.07. The zero-order valence-corrected chi connectivity index (χ0v) is 14.7.